The van der Waals surface area contributed by atoms with Crippen LogP contribution >= 0.6 is 0 Å². The van der Waals surface area contributed by atoms with Gasteiger partial charge in [-0.1, -0.05) is 30.3 Å². The van der Waals surface area contributed by atoms with Crippen molar-refractivity contribution in [1.29, 1.82) is 0 Å². The van der Waals surface area contributed by atoms with Crippen LogP contribution in [0.15, 0.2) is 42.5 Å². The SMILES string of the molecule is Cc1ccc(C)c(O[C@@H](C)C(=O)N2CCc3ccccc32)c1. The van der Waals surface area contributed by atoms with Gasteiger partial charge >= 0.3 is 0 Å². The molecule has 0 radical (unpaired) electrons. The highest BCUT2D eigenvalue weighted by Crippen LogP contribution is 2.29. The number of carbonyl (C=O) groups excluding carboxylic acids is 1. The van der Waals surface area contributed by atoms with E-state index in [1.165, 1.54) is 5.56 Å². The van der Waals surface area contributed by atoms with Gasteiger partial charge in [-0.2, -0.15) is 0 Å². The number of fused-ring (bicyclic) bond motifs is 1. The number of carbonyl (C=O) groups is 1. The first-order valence-corrected chi connectivity index (χ1v) is 7.69. The third-order valence-corrected chi connectivity index (χ3v) is 4.15. The van der Waals surface area contributed by atoms with E-state index in [9.17, 15) is 4.79 Å². The van der Waals surface area contributed by atoms with Crippen LogP contribution < -0.4 is 9.64 Å². The molecular weight excluding hydrogens is 274 g/mol. The van der Waals surface area contributed by atoms with Crippen molar-refractivity contribution in [3.05, 3.63) is 59.2 Å². The van der Waals surface area contributed by atoms with E-state index in [-0.39, 0.29) is 5.91 Å². The van der Waals surface area contributed by atoms with Gasteiger partial charge in [-0.3, -0.25) is 4.79 Å². The third-order valence-electron chi connectivity index (χ3n) is 4.15. The first-order chi connectivity index (χ1) is 10.6. The van der Waals surface area contributed by atoms with Gasteiger partial charge in [0.25, 0.3) is 5.91 Å². The number of nitrogens with zero attached hydrogens (tertiary/aromatic N) is 1. The van der Waals surface area contributed by atoms with Gasteiger partial charge in [-0.05, 0) is 56.0 Å². The van der Waals surface area contributed by atoms with Gasteiger partial charge in [0.15, 0.2) is 6.10 Å². The van der Waals surface area contributed by atoms with Crippen LogP contribution in [0.3, 0.4) is 0 Å². The molecule has 22 heavy (non-hydrogen) atoms. The van der Waals surface area contributed by atoms with Gasteiger partial charge < -0.3 is 9.64 Å². The fraction of sp³-hybridized carbons (Fsp3) is 0.316. The van der Waals surface area contributed by atoms with E-state index in [2.05, 4.69) is 6.07 Å². The monoisotopic (exact) mass is 295 g/mol. The van der Waals surface area contributed by atoms with Crippen molar-refractivity contribution in [1.82, 2.24) is 0 Å². The minimum absolute atomic E-state index is 0.0193. The summed E-state index contributed by atoms with van der Waals surface area (Å²) in [5.74, 6) is 0.805. The number of ether oxygens (including phenoxy) is 1. The minimum atomic E-state index is -0.494. The third kappa shape index (κ3) is 2.71. The molecule has 0 spiro atoms. The summed E-state index contributed by atoms with van der Waals surface area (Å²) in [6.07, 6.45) is 0.421. The van der Waals surface area contributed by atoms with Gasteiger partial charge in [0.1, 0.15) is 5.75 Å². The lowest BCUT2D eigenvalue weighted by molar-refractivity contribution is -0.124. The lowest BCUT2D eigenvalue weighted by atomic mass is 10.1. The number of rotatable bonds is 3. The molecule has 0 fully saturated rings. The molecule has 1 aliphatic rings. The number of hydrogen-bond donors (Lipinski definition) is 0. The summed E-state index contributed by atoms with van der Waals surface area (Å²) in [5, 5.41) is 0. The normalized spacial score (nSPS) is 14.6. The number of aryl methyl sites for hydroxylation is 2. The van der Waals surface area contributed by atoms with E-state index in [0.29, 0.717) is 0 Å². The van der Waals surface area contributed by atoms with Crippen molar-refractivity contribution in [3.8, 4) is 5.75 Å². The zero-order valence-electron chi connectivity index (χ0n) is 13.3. The number of amides is 1. The van der Waals surface area contributed by atoms with Crippen LogP contribution in [0.4, 0.5) is 5.69 Å². The predicted octanol–water partition coefficient (Wildman–Crippen LogP) is 3.66. The molecule has 0 aromatic heterocycles. The van der Waals surface area contributed by atoms with E-state index in [0.717, 1.165) is 35.5 Å². The molecule has 2 aromatic rings. The molecule has 0 saturated heterocycles. The second-order valence-electron chi connectivity index (χ2n) is 5.90. The van der Waals surface area contributed by atoms with E-state index in [1.807, 2.05) is 62.1 Å². The van der Waals surface area contributed by atoms with Crippen molar-refractivity contribution in [2.75, 3.05) is 11.4 Å². The summed E-state index contributed by atoms with van der Waals surface area (Å²) in [4.78, 5) is 14.5. The molecule has 3 rings (SSSR count). The highest BCUT2D eigenvalue weighted by atomic mass is 16.5. The van der Waals surface area contributed by atoms with Crippen LogP contribution in [0.5, 0.6) is 5.75 Å². The maximum Gasteiger partial charge on any atom is 0.267 e. The Morgan fingerprint density at radius 3 is 2.77 bits per heavy atom. The molecule has 3 heteroatoms. The zero-order valence-corrected chi connectivity index (χ0v) is 13.3. The van der Waals surface area contributed by atoms with Crippen LogP contribution in [0.1, 0.15) is 23.6 Å². The first-order valence-electron chi connectivity index (χ1n) is 7.69. The van der Waals surface area contributed by atoms with Crippen LogP contribution in [0, 0.1) is 13.8 Å². The molecule has 3 nitrogen and oxygen atoms in total. The van der Waals surface area contributed by atoms with Gasteiger partial charge in [-0.15, -0.1) is 0 Å². The molecule has 0 N–H and O–H groups in total. The maximum absolute atomic E-state index is 12.7. The Labute approximate surface area is 131 Å². The van der Waals surface area contributed by atoms with Crippen LogP contribution in [0.2, 0.25) is 0 Å². The quantitative estimate of drug-likeness (QED) is 0.865. The molecule has 2 aromatic carbocycles. The Morgan fingerprint density at radius 2 is 1.95 bits per heavy atom. The summed E-state index contributed by atoms with van der Waals surface area (Å²) in [6.45, 7) is 6.58. The van der Waals surface area contributed by atoms with Crippen molar-refractivity contribution in [2.45, 2.75) is 33.3 Å². The lowest BCUT2D eigenvalue weighted by Gasteiger charge is -2.23. The van der Waals surface area contributed by atoms with Crippen molar-refractivity contribution in [3.63, 3.8) is 0 Å². The molecular formula is C19H21NO2. The summed E-state index contributed by atoms with van der Waals surface area (Å²) < 4.78 is 5.92. The second kappa shape index (κ2) is 5.84. The van der Waals surface area contributed by atoms with Crippen molar-refractivity contribution >= 4 is 11.6 Å². The van der Waals surface area contributed by atoms with Gasteiger partial charge in [0.2, 0.25) is 0 Å². The van der Waals surface area contributed by atoms with E-state index in [4.69, 9.17) is 4.74 Å². The van der Waals surface area contributed by atoms with E-state index in [1.54, 1.807) is 0 Å². The van der Waals surface area contributed by atoms with Gasteiger partial charge in [0.05, 0.1) is 0 Å². The molecule has 1 heterocycles. The van der Waals surface area contributed by atoms with Gasteiger partial charge in [-0.25, -0.2) is 0 Å². The minimum Gasteiger partial charge on any atom is -0.481 e. The molecule has 1 amide bonds. The summed E-state index contributed by atoms with van der Waals surface area (Å²) in [5.41, 5.74) is 4.43. The predicted molar refractivity (Wildman–Crippen MR) is 88.5 cm³/mol. The van der Waals surface area contributed by atoms with E-state index >= 15 is 0 Å². The largest absolute Gasteiger partial charge is 0.481 e. The molecule has 0 aliphatic carbocycles. The molecule has 0 bridgehead atoms. The number of benzene rings is 2. The lowest BCUT2D eigenvalue weighted by Crippen LogP contribution is -2.39. The molecule has 1 atom stereocenters. The summed E-state index contributed by atoms with van der Waals surface area (Å²) in [6, 6.07) is 14.1. The molecule has 114 valence electrons. The maximum atomic E-state index is 12.7. The average Bonchev–Trinajstić information content (AvgIpc) is 2.94. The zero-order chi connectivity index (χ0) is 15.7. The first kappa shape index (κ1) is 14.6. The fourth-order valence-corrected chi connectivity index (χ4v) is 2.86. The molecule has 0 saturated carbocycles. The van der Waals surface area contributed by atoms with E-state index < -0.39 is 6.10 Å². The molecule has 0 unspecified atom stereocenters. The number of para-hydroxylation sites is 1. The van der Waals surface area contributed by atoms with Crippen molar-refractivity contribution < 1.29 is 9.53 Å². The highest BCUT2D eigenvalue weighted by Gasteiger charge is 2.28. The van der Waals surface area contributed by atoms with Crippen molar-refractivity contribution in [2.24, 2.45) is 0 Å². The Morgan fingerprint density at radius 1 is 1.18 bits per heavy atom. The smallest absolute Gasteiger partial charge is 0.267 e. The summed E-state index contributed by atoms with van der Waals surface area (Å²) >= 11 is 0. The van der Waals surface area contributed by atoms with Crippen LogP contribution in [-0.2, 0) is 11.2 Å². The highest BCUT2D eigenvalue weighted by molar-refractivity contribution is 5.98. The Bertz CT molecular complexity index is 708. The Balaban J connectivity index is 1.77. The number of anilines is 1. The topological polar surface area (TPSA) is 29.5 Å². The van der Waals surface area contributed by atoms with Crippen LogP contribution in [0.25, 0.3) is 0 Å². The Hall–Kier alpha value is -2.29. The number of hydrogen-bond acceptors (Lipinski definition) is 2. The van der Waals surface area contributed by atoms with Gasteiger partial charge in [0, 0.05) is 12.2 Å². The second-order valence-corrected chi connectivity index (χ2v) is 5.90. The average molecular weight is 295 g/mol. The molecule has 1 aliphatic heterocycles. The fourth-order valence-electron chi connectivity index (χ4n) is 2.86. The Kier molecular flexibility index (Phi) is 3.88. The summed E-state index contributed by atoms with van der Waals surface area (Å²) in [7, 11) is 0. The van der Waals surface area contributed by atoms with Crippen LogP contribution in [-0.4, -0.2) is 18.6 Å². The standard InChI is InChI=1S/C19H21NO2/c1-13-8-9-14(2)18(12-13)22-15(3)19(21)20-11-10-16-6-4-5-7-17(16)20/h4-9,12,15H,10-11H2,1-3H3/t15-/m0/s1.